The zero-order valence-corrected chi connectivity index (χ0v) is 18.1. The van der Waals surface area contributed by atoms with Gasteiger partial charge in [0.1, 0.15) is 17.6 Å². The van der Waals surface area contributed by atoms with Crippen LogP contribution in [0, 0.1) is 13.8 Å². The summed E-state index contributed by atoms with van der Waals surface area (Å²) >= 11 is 0. The third-order valence-electron chi connectivity index (χ3n) is 5.55. The van der Waals surface area contributed by atoms with E-state index in [9.17, 15) is 9.59 Å². The third-order valence-corrected chi connectivity index (χ3v) is 5.55. The molecule has 2 aromatic carbocycles. The van der Waals surface area contributed by atoms with Crippen LogP contribution in [0.2, 0.25) is 0 Å². The smallest absolute Gasteiger partial charge is 0.251 e. The molecule has 1 aliphatic rings. The lowest BCUT2D eigenvalue weighted by Crippen LogP contribution is -2.50. The average molecular weight is 418 g/mol. The minimum Gasteiger partial charge on any atom is -0.494 e. The molecule has 3 aromatic rings. The van der Waals surface area contributed by atoms with E-state index in [0.29, 0.717) is 18.0 Å². The molecule has 0 bridgehead atoms. The van der Waals surface area contributed by atoms with Crippen LogP contribution in [-0.2, 0) is 11.8 Å². The van der Waals surface area contributed by atoms with E-state index in [1.54, 1.807) is 17.8 Å². The maximum atomic E-state index is 13.1. The number of fused-ring (bicyclic) bond motifs is 1. The van der Waals surface area contributed by atoms with Gasteiger partial charge in [-0.3, -0.25) is 14.3 Å². The molecule has 0 saturated carbocycles. The number of carbonyl (C=O) groups is 2. The topological polar surface area (TPSA) is 85.2 Å². The maximum absolute atomic E-state index is 13.1. The standard InChI is InChI=1S/C24H26N4O3/c1-5-31-18-11-9-16(10-12-18)20-19-15(3)27-28(4)22(19)26-24(30)21(20)25-23(29)17-8-6-7-14(2)13-17/h6-13,20-21H,5H2,1-4H3,(H,25,29)(H,26,30)/t20-,21-/m0/s1. The van der Waals surface area contributed by atoms with Crippen LogP contribution in [0.5, 0.6) is 5.75 Å². The Morgan fingerprint density at radius 3 is 2.61 bits per heavy atom. The van der Waals surface area contributed by atoms with E-state index in [4.69, 9.17) is 4.74 Å². The zero-order valence-electron chi connectivity index (χ0n) is 18.1. The lowest BCUT2D eigenvalue weighted by Gasteiger charge is -2.32. The fourth-order valence-corrected chi connectivity index (χ4v) is 4.16. The summed E-state index contributed by atoms with van der Waals surface area (Å²) in [6, 6.07) is 14.2. The molecule has 2 heterocycles. The Balaban J connectivity index is 1.75. The summed E-state index contributed by atoms with van der Waals surface area (Å²) in [4.78, 5) is 26.1. The van der Waals surface area contributed by atoms with Crippen molar-refractivity contribution in [1.29, 1.82) is 0 Å². The number of ether oxygens (including phenoxy) is 1. The number of amides is 2. The monoisotopic (exact) mass is 418 g/mol. The number of anilines is 1. The fraction of sp³-hybridized carbons (Fsp3) is 0.292. The van der Waals surface area contributed by atoms with E-state index in [2.05, 4.69) is 15.7 Å². The summed E-state index contributed by atoms with van der Waals surface area (Å²) in [5, 5.41) is 10.4. The third kappa shape index (κ3) is 3.91. The van der Waals surface area contributed by atoms with Gasteiger partial charge in [-0.05, 0) is 50.6 Å². The fourth-order valence-electron chi connectivity index (χ4n) is 4.16. The molecule has 7 heteroatoms. The van der Waals surface area contributed by atoms with Crippen molar-refractivity contribution in [2.75, 3.05) is 11.9 Å². The van der Waals surface area contributed by atoms with Gasteiger partial charge in [-0.1, -0.05) is 29.8 Å². The van der Waals surface area contributed by atoms with E-state index in [-0.39, 0.29) is 17.7 Å². The first-order chi connectivity index (χ1) is 14.9. The molecular weight excluding hydrogens is 392 g/mol. The van der Waals surface area contributed by atoms with E-state index >= 15 is 0 Å². The lowest BCUT2D eigenvalue weighted by atomic mass is 9.82. The molecule has 0 fully saturated rings. The summed E-state index contributed by atoms with van der Waals surface area (Å²) < 4.78 is 7.23. The maximum Gasteiger partial charge on any atom is 0.251 e. The molecule has 0 unspecified atom stereocenters. The second-order valence-corrected chi connectivity index (χ2v) is 7.76. The highest BCUT2D eigenvalue weighted by atomic mass is 16.5. The second-order valence-electron chi connectivity index (χ2n) is 7.76. The minimum absolute atomic E-state index is 0.268. The molecule has 4 rings (SSSR count). The number of hydrogen-bond donors (Lipinski definition) is 2. The molecule has 31 heavy (non-hydrogen) atoms. The highest BCUT2D eigenvalue weighted by molar-refractivity contribution is 6.04. The quantitative estimate of drug-likeness (QED) is 0.666. The molecule has 1 aliphatic heterocycles. The Morgan fingerprint density at radius 1 is 1.19 bits per heavy atom. The summed E-state index contributed by atoms with van der Waals surface area (Å²) in [7, 11) is 1.80. The molecule has 0 spiro atoms. The van der Waals surface area contributed by atoms with Crippen molar-refractivity contribution in [3.05, 3.63) is 76.5 Å². The number of rotatable bonds is 5. The average Bonchev–Trinajstić information content (AvgIpc) is 3.02. The Kier molecular flexibility index (Phi) is 5.50. The summed E-state index contributed by atoms with van der Waals surface area (Å²) in [5.74, 6) is 0.486. The van der Waals surface area contributed by atoms with Crippen molar-refractivity contribution in [2.45, 2.75) is 32.7 Å². The molecule has 160 valence electrons. The van der Waals surface area contributed by atoms with E-state index < -0.39 is 6.04 Å². The second kappa shape index (κ2) is 8.26. The molecule has 2 amide bonds. The molecule has 2 atom stereocenters. The van der Waals surface area contributed by atoms with Gasteiger partial charge in [0, 0.05) is 24.1 Å². The Morgan fingerprint density at radius 2 is 1.94 bits per heavy atom. The Hall–Kier alpha value is -3.61. The summed E-state index contributed by atoms with van der Waals surface area (Å²) in [6.07, 6.45) is 0. The largest absolute Gasteiger partial charge is 0.494 e. The Labute approximate surface area is 181 Å². The normalized spacial score (nSPS) is 17.6. The van der Waals surface area contributed by atoms with Crippen molar-refractivity contribution < 1.29 is 14.3 Å². The number of aromatic nitrogens is 2. The van der Waals surface area contributed by atoms with Crippen LogP contribution in [0.15, 0.2) is 48.5 Å². The predicted octanol–water partition coefficient (Wildman–Crippen LogP) is 3.32. The van der Waals surface area contributed by atoms with Crippen molar-refractivity contribution in [2.24, 2.45) is 7.05 Å². The van der Waals surface area contributed by atoms with Crippen LogP contribution >= 0.6 is 0 Å². The number of aryl methyl sites for hydroxylation is 3. The van der Waals surface area contributed by atoms with Crippen molar-refractivity contribution >= 4 is 17.6 Å². The molecule has 0 radical (unpaired) electrons. The zero-order chi connectivity index (χ0) is 22.1. The molecule has 7 nitrogen and oxygen atoms in total. The Bertz CT molecular complexity index is 1130. The van der Waals surface area contributed by atoms with Gasteiger partial charge >= 0.3 is 0 Å². The van der Waals surface area contributed by atoms with Gasteiger partial charge in [-0.25, -0.2) is 0 Å². The lowest BCUT2D eigenvalue weighted by molar-refractivity contribution is -0.118. The van der Waals surface area contributed by atoms with Crippen molar-refractivity contribution in [3.63, 3.8) is 0 Å². The molecule has 2 N–H and O–H groups in total. The summed E-state index contributed by atoms with van der Waals surface area (Å²) in [5.41, 5.74) is 4.12. The molecule has 0 saturated heterocycles. The highest BCUT2D eigenvalue weighted by Crippen LogP contribution is 2.39. The number of nitrogens with zero attached hydrogens (tertiary/aromatic N) is 2. The van der Waals surface area contributed by atoms with Crippen LogP contribution in [0.1, 0.15) is 45.6 Å². The number of carbonyl (C=O) groups excluding carboxylic acids is 2. The van der Waals surface area contributed by atoms with Crippen LogP contribution in [-0.4, -0.2) is 34.2 Å². The van der Waals surface area contributed by atoms with E-state index in [1.165, 1.54) is 0 Å². The van der Waals surface area contributed by atoms with Gasteiger partial charge in [0.25, 0.3) is 5.91 Å². The van der Waals surface area contributed by atoms with Crippen LogP contribution < -0.4 is 15.4 Å². The van der Waals surface area contributed by atoms with Gasteiger partial charge in [0.05, 0.1) is 12.3 Å². The number of nitrogens with one attached hydrogen (secondary N) is 2. The van der Waals surface area contributed by atoms with E-state index in [0.717, 1.165) is 28.1 Å². The van der Waals surface area contributed by atoms with Gasteiger partial charge in [-0.2, -0.15) is 5.10 Å². The summed E-state index contributed by atoms with van der Waals surface area (Å²) in [6.45, 7) is 6.35. The molecule has 1 aromatic heterocycles. The first-order valence-electron chi connectivity index (χ1n) is 10.3. The molecular formula is C24H26N4O3. The predicted molar refractivity (Wildman–Crippen MR) is 118 cm³/mol. The van der Waals surface area contributed by atoms with Gasteiger partial charge < -0.3 is 15.4 Å². The number of benzene rings is 2. The van der Waals surface area contributed by atoms with Crippen LogP contribution in [0.4, 0.5) is 5.82 Å². The van der Waals surface area contributed by atoms with Crippen LogP contribution in [0.3, 0.4) is 0 Å². The minimum atomic E-state index is -0.777. The van der Waals surface area contributed by atoms with Gasteiger partial charge in [-0.15, -0.1) is 0 Å². The number of hydrogen-bond acceptors (Lipinski definition) is 4. The molecule has 0 aliphatic carbocycles. The van der Waals surface area contributed by atoms with Gasteiger partial charge in [0.2, 0.25) is 5.91 Å². The van der Waals surface area contributed by atoms with Crippen molar-refractivity contribution in [1.82, 2.24) is 15.1 Å². The van der Waals surface area contributed by atoms with E-state index in [1.807, 2.05) is 63.2 Å². The van der Waals surface area contributed by atoms with Crippen molar-refractivity contribution in [3.8, 4) is 5.75 Å². The highest BCUT2D eigenvalue weighted by Gasteiger charge is 2.41. The van der Waals surface area contributed by atoms with Gasteiger partial charge in [0.15, 0.2) is 0 Å². The first kappa shape index (κ1) is 20.7. The first-order valence-corrected chi connectivity index (χ1v) is 10.3. The SMILES string of the molecule is CCOc1ccc([C@H]2c3c(C)nn(C)c3NC(=O)[C@H]2NC(=O)c2cccc(C)c2)cc1. The van der Waals surface area contributed by atoms with Crippen LogP contribution in [0.25, 0.3) is 0 Å².